The number of nitrogens with zero attached hydrogens (tertiary/aromatic N) is 2. The van der Waals surface area contributed by atoms with Gasteiger partial charge in [-0.25, -0.2) is 0 Å². The minimum absolute atomic E-state index is 0.645. The molecule has 2 aliphatic rings. The molecule has 2 fully saturated rings. The Morgan fingerprint density at radius 3 is 2.50 bits per heavy atom. The van der Waals surface area contributed by atoms with Gasteiger partial charge in [-0.2, -0.15) is 0 Å². The average Bonchev–Trinajstić information content (AvgIpc) is 2.52. The van der Waals surface area contributed by atoms with Crippen LogP contribution in [0.1, 0.15) is 39.0 Å². The zero-order valence-corrected chi connectivity index (χ0v) is 12.5. The SMILES string of the molecule is CC1CNC(CN(C)C)CN(C2CCCCC2)C1. The van der Waals surface area contributed by atoms with Crippen molar-refractivity contribution in [2.24, 2.45) is 5.92 Å². The maximum Gasteiger partial charge on any atom is 0.0322 e. The Balaban J connectivity index is 1.93. The fraction of sp³-hybridized carbons (Fsp3) is 1.00. The minimum atomic E-state index is 0.645. The lowest BCUT2D eigenvalue weighted by molar-refractivity contribution is 0.137. The van der Waals surface area contributed by atoms with Crippen molar-refractivity contribution in [2.45, 2.75) is 51.1 Å². The van der Waals surface area contributed by atoms with Gasteiger partial charge in [0.15, 0.2) is 0 Å². The molecule has 2 atom stereocenters. The van der Waals surface area contributed by atoms with Gasteiger partial charge >= 0.3 is 0 Å². The number of rotatable bonds is 3. The Morgan fingerprint density at radius 1 is 1.11 bits per heavy atom. The third-order valence-electron chi connectivity index (χ3n) is 4.43. The van der Waals surface area contributed by atoms with Crippen molar-refractivity contribution < 1.29 is 0 Å². The Bertz CT molecular complexity index is 236. The largest absolute Gasteiger partial charge is 0.311 e. The lowest BCUT2D eigenvalue weighted by Gasteiger charge is -2.36. The summed E-state index contributed by atoms with van der Waals surface area (Å²) in [5, 5.41) is 3.75. The van der Waals surface area contributed by atoms with Gasteiger partial charge in [-0.1, -0.05) is 26.2 Å². The van der Waals surface area contributed by atoms with Crippen molar-refractivity contribution in [3.8, 4) is 0 Å². The van der Waals surface area contributed by atoms with Crippen LogP contribution >= 0.6 is 0 Å². The first kappa shape index (κ1) is 14.3. The number of hydrogen-bond acceptors (Lipinski definition) is 3. The molecule has 3 nitrogen and oxygen atoms in total. The molecule has 18 heavy (non-hydrogen) atoms. The summed E-state index contributed by atoms with van der Waals surface area (Å²) in [5.74, 6) is 0.791. The summed E-state index contributed by atoms with van der Waals surface area (Å²) in [4.78, 5) is 5.10. The van der Waals surface area contributed by atoms with E-state index in [4.69, 9.17) is 0 Å². The lowest BCUT2D eigenvalue weighted by atomic mass is 9.93. The summed E-state index contributed by atoms with van der Waals surface area (Å²) in [7, 11) is 4.36. The summed E-state index contributed by atoms with van der Waals surface area (Å²) < 4.78 is 0. The van der Waals surface area contributed by atoms with Crippen molar-refractivity contribution in [3.63, 3.8) is 0 Å². The third kappa shape index (κ3) is 4.22. The fourth-order valence-electron chi connectivity index (χ4n) is 3.56. The first-order valence-corrected chi connectivity index (χ1v) is 7.77. The normalized spacial score (nSPS) is 32.7. The van der Waals surface area contributed by atoms with E-state index in [0.29, 0.717) is 6.04 Å². The second-order valence-electron chi connectivity index (χ2n) is 6.72. The molecule has 1 aliphatic heterocycles. The van der Waals surface area contributed by atoms with Gasteiger partial charge in [0.1, 0.15) is 0 Å². The Hall–Kier alpha value is -0.120. The van der Waals surface area contributed by atoms with E-state index in [1.807, 2.05) is 0 Å². The molecule has 0 spiro atoms. The minimum Gasteiger partial charge on any atom is -0.311 e. The van der Waals surface area contributed by atoms with Gasteiger partial charge in [-0.3, -0.25) is 4.90 Å². The second kappa shape index (κ2) is 6.88. The van der Waals surface area contributed by atoms with Gasteiger partial charge in [-0.15, -0.1) is 0 Å². The van der Waals surface area contributed by atoms with E-state index in [2.05, 4.69) is 36.1 Å². The summed E-state index contributed by atoms with van der Waals surface area (Å²) in [6, 6.07) is 1.51. The smallest absolute Gasteiger partial charge is 0.0322 e. The standard InChI is InChI=1S/C15H31N3/c1-13-9-16-14(11-17(2)3)12-18(10-13)15-7-5-4-6-8-15/h13-16H,4-12H2,1-3H3. The van der Waals surface area contributed by atoms with Crippen LogP contribution in [0.3, 0.4) is 0 Å². The fourth-order valence-corrected chi connectivity index (χ4v) is 3.56. The van der Waals surface area contributed by atoms with E-state index in [9.17, 15) is 0 Å². The molecule has 3 heteroatoms. The second-order valence-corrected chi connectivity index (χ2v) is 6.72. The van der Waals surface area contributed by atoms with E-state index in [-0.39, 0.29) is 0 Å². The van der Waals surface area contributed by atoms with Crippen LogP contribution in [0.25, 0.3) is 0 Å². The summed E-state index contributed by atoms with van der Waals surface area (Å²) in [5.41, 5.74) is 0. The van der Waals surface area contributed by atoms with Crippen LogP contribution < -0.4 is 5.32 Å². The highest BCUT2D eigenvalue weighted by atomic mass is 15.2. The highest BCUT2D eigenvalue weighted by molar-refractivity contribution is 4.85. The topological polar surface area (TPSA) is 18.5 Å². The molecule has 0 aromatic rings. The van der Waals surface area contributed by atoms with Gasteiger partial charge in [0, 0.05) is 31.7 Å². The molecular formula is C15H31N3. The van der Waals surface area contributed by atoms with Crippen molar-refractivity contribution >= 4 is 0 Å². The van der Waals surface area contributed by atoms with E-state index in [0.717, 1.165) is 18.5 Å². The first-order chi connectivity index (χ1) is 8.65. The van der Waals surface area contributed by atoms with Gasteiger partial charge in [-0.05, 0) is 39.4 Å². The zero-order chi connectivity index (χ0) is 13.0. The number of hydrogen-bond donors (Lipinski definition) is 1. The highest BCUT2D eigenvalue weighted by Gasteiger charge is 2.27. The molecule has 1 saturated heterocycles. The highest BCUT2D eigenvalue weighted by Crippen LogP contribution is 2.24. The Kier molecular flexibility index (Phi) is 5.46. The van der Waals surface area contributed by atoms with Crippen LogP contribution in [0.4, 0.5) is 0 Å². The molecule has 2 rings (SSSR count). The third-order valence-corrected chi connectivity index (χ3v) is 4.43. The van der Waals surface area contributed by atoms with Crippen LogP contribution in [-0.2, 0) is 0 Å². The molecule has 0 aromatic heterocycles. The summed E-state index contributed by atoms with van der Waals surface area (Å²) >= 11 is 0. The molecule has 106 valence electrons. The van der Waals surface area contributed by atoms with Gasteiger partial charge in [0.2, 0.25) is 0 Å². The van der Waals surface area contributed by atoms with Gasteiger partial charge in [0.25, 0.3) is 0 Å². The molecule has 0 aromatic carbocycles. The van der Waals surface area contributed by atoms with Crippen LogP contribution in [0.5, 0.6) is 0 Å². The van der Waals surface area contributed by atoms with Crippen molar-refractivity contribution in [2.75, 3.05) is 40.3 Å². The lowest BCUT2D eigenvalue weighted by Crippen LogP contribution is -2.47. The van der Waals surface area contributed by atoms with Crippen molar-refractivity contribution in [3.05, 3.63) is 0 Å². The molecule has 0 amide bonds. The van der Waals surface area contributed by atoms with Crippen LogP contribution in [0.15, 0.2) is 0 Å². The van der Waals surface area contributed by atoms with E-state index in [1.165, 1.54) is 51.7 Å². The van der Waals surface area contributed by atoms with Gasteiger partial charge < -0.3 is 10.2 Å². The average molecular weight is 253 g/mol. The van der Waals surface area contributed by atoms with E-state index >= 15 is 0 Å². The Morgan fingerprint density at radius 2 is 1.83 bits per heavy atom. The molecule has 1 heterocycles. The Labute approximate surface area is 113 Å². The predicted molar refractivity (Wildman–Crippen MR) is 78.0 cm³/mol. The van der Waals surface area contributed by atoms with Crippen molar-refractivity contribution in [1.82, 2.24) is 15.1 Å². The number of likely N-dealkylation sites (N-methyl/N-ethyl adjacent to an activating group) is 1. The molecule has 0 bridgehead atoms. The summed E-state index contributed by atoms with van der Waals surface area (Å²) in [6.45, 7) is 7.27. The molecule has 1 N–H and O–H groups in total. The maximum absolute atomic E-state index is 3.75. The molecule has 0 radical (unpaired) electrons. The number of nitrogens with one attached hydrogen (secondary N) is 1. The summed E-state index contributed by atoms with van der Waals surface area (Å²) in [6.07, 6.45) is 7.21. The van der Waals surface area contributed by atoms with Crippen LogP contribution in [0, 0.1) is 5.92 Å². The van der Waals surface area contributed by atoms with E-state index < -0.39 is 0 Å². The first-order valence-electron chi connectivity index (χ1n) is 7.77. The molecule has 1 saturated carbocycles. The van der Waals surface area contributed by atoms with E-state index in [1.54, 1.807) is 0 Å². The maximum atomic E-state index is 3.75. The predicted octanol–water partition coefficient (Wildman–Crippen LogP) is 1.79. The van der Waals surface area contributed by atoms with Crippen LogP contribution in [-0.4, -0.2) is 62.2 Å². The quantitative estimate of drug-likeness (QED) is 0.827. The van der Waals surface area contributed by atoms with Crippen LogP contribution in [0.2, 0.25) is 0 Å². The monoisotopic (exact) mass is 253 g/mol. The van der Waals surface area contributed by atoms with Gasteiger partial charge in [0.05, 0.1) is 0 Å². The molecule has 1 aliphatic carbocycles. The van der Waals surface area contributed by atoms with Crippen molar-refractivity contribution in [1.29, 1.82) is 0 Å². The zero-order valence-electron chi connectivity index (χ0n) is 12.5. The molecule has 2 unspecified atom stereocenters. The molecular weight excluding hydrogens is 222 g/mol.